The number of rotatable bonds is 1. The number of aromatic amines is 1. The number of imidazole rings is 1. The van der Waals surface area contributed by atoms with Gasteiger partial charge in [0, 0.05) is 5.56 Å². The summed E-state index contributed by atoms with van der Waals surface area (Å²) in [4.78, 5) is 7.25. The Kier molecular flexibility index (Phi) is 2.14. The van der Waals surface area contributed by atoms with Gasteiger partial charge in [0.15, 0.2) is 16.2 Å². The van der Waals surface area contributed by atoms with E-state index < -0.39 is 0 Å². The molecule has 3 rings (SSSR count). The van der Waals surface area contributed by atoms with Crippen molar-refractivity contribution in [3.05, 3.63) is 28.6 Å². The second kappa shape index (κ2) is 3.52. The van der Waals surface area contributed by atoms with Crippen molar-refractivity contribution in [3.8, 4) is 22.8 Å². The number of H-pyrrole nitrogens is 1. The monoisotopic (exact) mass is 280 g/mol. The molecular weight excluding hydrogens is 272 g/mol. The van der Waals surface area contributed by atoms with Gasteiger partial charge >= 0.3 is 0 Å². The third-order valence-electron chi connectivity index (χ3n) is 2.55. The zero-order valence-corrected chi connectivity index (χ0v) is 10.2. The fraction of sp³-hybridized carbons (Fsp3) is 0.182. The van der Waals surface area contributed by atoms with Gasteiger partial charge in [-0.25, -0.2) is 4.98 Å². The van der Waals surface area contributed by atoms with Crippen molar-refractivity contribution in [2.24, 2.45) is 0 Å². The summed E-state index contributed by atoms with van der Waals surface area (Å²) in [6, 6.07) is 3.95. The molecule has 1 aromatic heterocycles. The Morgan fingerprint density at radius 1 is 1.31 bits per heavy atom. The second-order valence-electron chi connectivity index (χ2n) is 3.61. The van der Waals surface area contributed by atoms with Crippen LogP contribution in [0.5, 0.6) is 11.5 Å². The Balaban J connectivity index is 2.14. The van der Waals surface area contributed by atoms with Gasteiger partial charge in [-0.05, 0) is 40.5 Å². The van der Waals surface area contributed by atoms with Gasteiger partial charge in [0.2, 0.25) is 6.79 Å². The molecule has 1 aliphatic heterocycles. The largest absolute Gasteiger partial charge is 0.454 e. The minimum Gasteiger partial charge on any atom is -0.454 e. The van der Waals surface area contributed by atoms with Crippen molar-refractivity contribution in [2.45, 2.75) is 6.92 Å². The summed E-state index contributed by atoms with van der Waals surface area (Å²) in [5, 5.41) is 0. The molecule has 0 spiro atoms. The van der Waals surface area contributed by atoms with Crippen LogP contribution in [-0.4, -0.2) is 16.8 Å². The van der Waals surface area contributed by atoms with Crippen LogP contribution in [0, 0.1) is 6.92 Å². The van der Waals surface area contributed by atoms with Gasteiger partial charge < -0.3 is 14.5 Å². The molecule has 0 bridgehead atoms. The van der Waals surface area contributed by atoms with Crippen LogP contribution in [0.3, 0.4) is 0 Å². The van der Waals surface area contributed by atoms with Crippen molar-refractivity contribution in [2.75, 3.05) is 6.79 Å². The van der Waals surface area contributed by atoms with Crippen LogP contribution in [0.25, 0.3) is 11.3 Å². The Hall–Kier alpha value is -1.49. The molecule has 5 heteroatoms. The van der Waals surface area contributed by atoms with Gasteiger partial charge in [0.25, 0.3) is 0 Å². The zero-order chi connectivity index (χ0) is 11.1. The molecule has 0 unspecified atom stereocenters. The Morgan fingerprint density at radius 2 is 2.06 bits per heavy atom. The maximum atomic E-state index is 5.35. The first-order chi connectivity index (χ1) is 7.74. The first-order valence-corrected chi connectivity index (χ1v) is 5.64. The van der Waals surface area contributed by atoms with Gasteiger partial charge in [-0.15, -0.1) is 0 Å². The van der Waals surface area contributed by atoms with Gasteiger partial charge in [-0.3, -0.25) is 0 Å². The quantitative estimate of drug-likeness (QED) is 0.874. The molecule has 1 N–H and O–H groups in total. The third kappa shape index (κ3) is 1.48. The van der Waals surface area contributed by atoms with Gasteiger partial charge in [-0.1, -0.05) is 0 Å². The predicted octanol–water partition coefficient (Wildman–Crippen LogP) is 2.88. The second-order valence-corrected chi connectivity index (χ2v) is 4.36. The van der Waals surface area contributed by atoms with Crippen molar-refractivity contribution in [1.29, 1.82) is 0 Å². The summed E-state index contributed by atoms with van der Waals surface area (Å²) in [6.07, 6.45) is 1.79. The highest BCUT2D eigenvalue weighted by Crippen LogP contribution is 2.38. The number of fused-ring (bicyclic) bond motifs is 1. The fourth-order valence-electron chi connectivity index (χ4n) is 1.77. The maximum Gasteiger partial charge on any atom is 0.231 e. The number of ether oxygens (including phenoxy) is 2. The molecule has 1 aromatic carbocycles. The molecule has 1 aliphatic rings. The molecule has 16 heavy (non-hydrogen) atoms. The number of hydrogen-bond donors (Lipinski definition) is 1. The van der Waals surface area contributed by atoms with Gasteiger partial charge in [-0.2, -0.15) is 0 Å². The van der Waals surface area contributed by atoms with Crippen LogP contribution in [-0.2, 0) is 0 Å². The first kappa shape index (κ1) is 9.72. The number of aryl methyl sites for hydroxylation is 1. The highest BCUT2D eigenvalue weighted by atomic mass is 79.9. The number of halogens is 1. The van der Waals surface area contributed by atoms with Crippen molar-refractivity contribution in [1.82, 2.24) is 9.97 Å². The lowest BCUT2D eigenvalue weighted by Gasteiger charge is -2.05. The van der Waals surface area contributed by atoms with E-state index in [0.29, 0.717) is 6.79 Å². The lowest BCUT2D eigenvalue weighted by molar-refractivity contribution is 0.174. The summed E-state index contributed by atoms with van der Waals surface area (Å²) >= 11 is 3.29. The average molecular weight is 281 g/mol. The van der Waals surface area contributed by atoms with Crippen LogP contribution in [0.1, 0.15) is 5.56 Å². The van der Waals surface area contributed by atoms with Crippen LogP contribution in [0.2, 0.25) is 0 Å². The summed E-state index contributed by atoms with van der Waals surface area (Å²) in [5.74, 6) is 1.59. The van der Waals surface area contributed by atoms with Gasteiger partial charge in [0.05, 0.1) is 11.9 Å². The van der Waals surface area contributed by atoms with Crippen molar-refractivity contribution >= 4 is 15.9 Å². The van der Waals surface area contributed by atoms with Crippen molar-refractivity contribution < 1.29 is 9.47 Å². The summed E-state index contributed by atoms with van der Waals surface area (Å²) in [7, 11) is 0. The van der Waals surface area contributed by atoms with E-state index in [2.05, 4.69) is 25.9 Å². The van der Waals surface area contributed by atoms with E-state index in [-0.39, 0.29) is 0 Å². The lowest BCUT2D eigenvalue weighted by Crippen LogP contribution is -1.92. The summed E-state index contributed by atoms with van der Waals surface area (Å²) < 4.78 is 11.4. The molecule has 0 aliphatic carbocycles. The number of nitrogens with one attached hydrogen (secondary N) is 1. The van der Waals surface area contributed by atoms with Gasteiger partial charge in [0.1, 0.15) is 0 Å². The Morgan fingerprint density at radius 3 is 2.75 bits per heavy atom. The molecule has 0 saturated heterocycles. The highest BCUT2D eigenvalue weighted by molar-refractivity contribution is 9.10. The molecule has 0 atom stereocenters. The molecule has 2 aromatic rings. The molecule has 2 heterocycles. The van der Waals surface area contributed by atoms with E-state index in [1.807, 2.05) is 19.1 Å². The zero-order valence-electron chi connectivity index (χ0n) is 8.58. The topological polar surface area (TPSA) is 47.1 Å². The Labute approximate surface area is 101 Å². The van der Waals surface area contributed by atoms with E-state index in [1.54, 1.807) is 6.20 Å². The maximum absolute atomic E-state index is 5.35. The first-order valence-electron chi connectivity index (χ1n) is 4.85. The van der Waals surface area contributed by atoms with Crippen LogP contribution < -0.4 is 9.47 Å². The minimum absolute atomic E-state index is 0.297. The predicted molar refractivity (Wildman–Crippen MR) is 62.6 cm³/mol. The molecule has 0 radical (unpaired) electrons. The lowest BCUT2D eigenvalue weighted by atomic mass is 10.1. The Bertz CT molecular complexity index is 551. The average Bonchev–Trinajstić information content (AvgIpc) is 2.84. The van der Waals surface area contributed by atoms with Crippen LogP contribution in [0.4, 0.5) is 0 Å². The standard InChI is InChI=1S/C11H9BrN2O2/c1-6-2-9-10(16-5-15-9)3-7(6)8-4-13-11(12)14-8/h2-4H,5H2,1H3,(H,13,14). The number of aromatic nitrogens is 2. The molecule has 82 valence electrons. The summed E-state index contributed by atoms with van der Waals surface area (Å²) in [5.41, 5.74) is 3.16. The minimum atomic E-state index is 0.297. The van der Waals surface area contributed by atoms with E-state index in [0.717, 1.165) is 33.1 Å². The molecule has 4 nitrogen and oxygen atoms in total. The van der Waals surface area contributed by atoms with E-state index in [4.69, 9.17) is 9.47 Å². The SMILES string of the molecule is Cc1cc2c(cc1-c1cnc(Br)[nH]1)OCO2. The van der Waals surface area contributed by atoms with Crippen molar-refractivity contribution in [3.63, 3.8) is 0 Å². The van der Waals surface area contributed by atoms with E-state index in [9.17, 15) is 0 Å². The molecule has 0 amide bonds. The van der Waals surface area contributed by atoms with E-state index >= 15 is 0 Å². The van der Waals surface area contributed by atoms with Crippen LogP contribution >= 0.6 is 15.9 Å². The smallest absolute Gasteiger partial charge is 0.231 e. The molecule has 0 saturated carbocycles. The highest BCUT2D eigenvalue weighted by Gasteiger charge is 2.17. The fourth-order valence-corrected chi connectivity index (χ4v) is 2.08. The van der Waals surface area contributed by atoms with Crippen LogP contribution in [0.15, 0.2) is 23.1 Å². The number of hydrogen-bond acceptors (Lipinski definition) is 3. The molecule has 0 fully saturated rings. The molecular formula is C11H9BrN2O2. The van der Waals surface area contributed by atoms with E-state index in [1.165, 1.54) is 0 Å². The normalized spacial score (nSPS) is 13.1. The number of nitrogens with zero attached hydrogens (tertiary/aromatic N) is 1. The number of benzene rings is 1. The third-order valence-corrected chi connectivity index (χ3v) is 2.96. The summed E-state index contributed by atoms with van der Waals surface area (Å²) in [6.45, 7) is 2.33.